The lowest BCUT2D eigenvalue weighted by atomic mass is 9.97. The van der Waals surface area contributed by atoms with E-state index in [0.717, 1.165) is 31.4 Å². The van der Waals surface area contributed by atoms with Crippen LogP contribution < -0.4 is 0 Å². The first-order chi connectivity index (χ1) is 13.4. The van der Waals surface area contributed by atoms with Crippen molar-refractivity contribution >= 4 is 11.9 Å². The molecule has 0 spiro atoms. The minimum atomic E-state index is -0.863. The molecule has 2 aromatic rings. The van der Waals surface area contributed by atoms with Gasteiger partial charge in [0.1, 0.15) is 11.6 Å². The van der Waals surface area contributed by atoms with Crippen LogP contribution in [-0.2, 0) is 16.0 Å². The van der Waals surface area contributed by atoms with Gasteiger partial charge in [-0.3, -0.25) is 9.59 Å². The van der Waals surface area contributed by atoms with Crippen molar-refractivity contribution in [1.29, 1.82) is 0 Å². The summed E-state index contributed by atoms with van der Waals surface area (Å²) in [5.41, 5.74) is 0.108. The Morgan fingerprint density at radius 2 is 2.07 bits per heavy atom. The number of likely N-dealkylation sites (tertiary alicyclic amines) is 1. The van der Waals surface area contributed by atoms with Crippen molar-refractivity contribution in [2.24, 2.45) is 0 Å². The maximum atomic E-state index is 13.8. The normalized spacial score (nSPS) is 16.9. The Hall–Kier alpha value is -2.77. The Bertz CT molecular complexity index is 852. The first kappa shape index (κ1) is 20.0. The molecule has 8 heteroatoms. The number of amides is 1. The fraction of sp³-hybridized carbons (Fsp3) is 0.450. The number of carbonyl (C=O) groups is 2. The number of rotatable bonds is 7. The Morgan fingerprint density at radius 3 is 2.82 bits per heavy atom. The van der Waals surface area contributed by atoms with Crippen LogP contribution >= 0.6 is 0 Å². The highest BCUT2D eigenvalue weighted by Gasteiger charge is 2.27. The topological polar surface area (TPSA) is 83.6 Å². The van der Waals surface area contributed by atoms with Gasteiger partial charge in [0.05, 0.1) is 11.8 Å². The lowest BCUT2D eigenvalue weighted by molar-refractivity contribution is -0.140. The lowest BCUT2D eigenvalue weighted by Gasteiger charge is -2.35. The minimum Gasteiger partial charge on any atom is -0.481 e. The van der Waals surface area contributed by atoms with E-state index in [1.807, 2.05) is 0 Å². The number of halogens is 2. The van der Waals surface area contributed by atoms with E-state index in [0.29, 0.717) is 18.9 Å². The summed E-state index contributed by atoms with van der Waals surface area (Å²) in [4.78, 5) is 29.3. The van der Waals surface area contributed by atoms with Crippen LogP contribution in [0.1, 0.15) is 44.4 Å². The van der Waals surface area contributed by atoms with E-state index in [2.05, 4.69) is 4.98 Å². The molecule has 1 unspecified atom stereocenters. The smallest absolute Gasteiger partial charge is 0.303 e. The summed E-state index contributed by atoms with van der Waals surface area (Å²) in [6.45, 7) is 0.626. The molecule has 6 nitrogen and oxygen atoms in total. The highest BCUT2D eigenvalue weighted by atomic mass is 19.1. The average molecular weight is 392 g/mol. The van der Waals surface area contributed by atoms with E-state index in [4.69, 9.17) is 9.52 Å². The van der Waals surface area contributed by atoms with Crippen LogP contribution in [0.15, 0.2) is 28.8 Å². The summed E-state index contributed by atoms with van der Waals surface area (Å²) in [5.74, 6) is -1.87. The zero-order valence-electron chi connectivity index (χ0n) is 15.4. The number of oxazole rings is 1. The predicted molar refractivity (Wildman–Crippen MR) is 96.4 cm³/mol. The number of aromatic nitrogens is 1. The molecular formula is C20H22F2N2O4. The van der Waals surface area contributed by atoms with Gasteiger partial charge in [-0.15, -0.1) is 0 Å². The van der Waals surface area contributed by atoms with Crippen LogP contribution in [0.2, 0.25) is 0 Å². The molecule has 1 N–H and O–H groups in total. The number of carbonyl (C=O) groups excluding carboxylic acids is 1. The maximum Gasteiger partial charge on any atom is 0.303 e. The standard InChI is InChI=1S/C20H22F2N2O4/c21-13-4-6-15(16(22)11-13)17-12-23-18(28-17)7-8-19(25)24-10-2-1-3-14(24)5-9-20(26)27/h4,6,11-12,14H,1-3,5,7-10H2,(H,26,27). The van der Waals surface area contributed by atoms with Crippen LogP contribution in [0, 0.1) is 11.6 Å². The van der Waals surface area contributed by atoms with Crippen LogP contribution in [0.4, 0.5) is 8.78 Å². The Morgan fingerprint density at radius 1 is 1.25 bits per heavy atom. The number of aliphatic carboxylic acids is 1. The van der Waals surface area contributed by atoms with Gasteiger partial charge in [0.2, 0.25) is 5.91 Å². The summed E-state index contributed by atoms with van der Waals surface area (Å²) < 4.78 is 32.4. The average Bonchev–Trinajstić information content (AvgIpc) is 3.13. The molecule has 0 aliphatic carbocycles. The van der Waals surface area contributed by atoms with Crippen molar-refractivity contribution < 1.29 is 27.9 Å². The summed E-state index contributed by atoms with van der Waals surface area (Å²) in [7, 11) is 0. The van der Waals surface area contributed by atoms with Gasteiger partial charge in [0.25, 0.3) is 0 Å². The SMILES string of the molecule is O=C(O)CCC1CCCCN1C(=O)CCc1ncc(-c2ccc(F)cc2F)o1. The van der Waals surface area contributed by atoms with Crippen molar-refractivity contribution in [2.45, 2.75) is 51.0 Å². The minimum absolute atomic E-state index is 0.0424. The summed E-state index contributed by atoms with van der Waals surface area (Å²) in [5, 5.41) is 8.88. The van der Waals surface area contributed by atoms with Crippen LogP contribution in [0.5, 0.6) is 0 Å². The fourth-order valence-electron chi connectivity index (χ4n) is 3.52. The van der Waals surface area contributed by atoms with E-state index in [1.54, 1.807) is 4.90 Å². The molecule has 1 amide bonds. The van der Waals surface area contributed by atoms with E-state index >= 15 is 0 Å². The number of carboxylic acid groups (broad SMARTS) is 1. The molecule has 0 radical (unpaired) electrons. The van der Waals surface area contributed by atoms with Gasteiger partial charge >= 0.3 is 5.97 Å². The number of nitrogens with zero attached hydrogens (tertiary/aromatic N) is 2. The monoisotopic (exact) mass is 392 g/mol. The summed E-state index contributed by atoms with van der Waals surface area (Å²) >= 11 is 0. The molecule has 1 saturated heterocycles. The quantitative estimate of drug-likeness (QED) is 0.775. The Balaban J connectivity index is 1.59. The number of hydrogen-bond acceptors (Lipinski definition) is 4. The first-order valence-corrected chi connectivity index (χ1v) is 9.35. The second-order valence-corrected chi connectivity index (χ2v) is 6.91. The van der Waals surface area contributed by atoms with E-state index in [9.17, 15) is 18.4 Å². The molecule has 0 saturated carbocycles. The molecular weight excluding hydrogens is 370 g/mol. The van der Waals surface area contributed by atoms with E-state index in [-0.39, 0.29) is 42.5 Å². The zero-order chi connectivity index (χ0) is 20.1. The molecule has 3 rings (SSSR count). The van der Waals surface area contributed by atoms with Gasteiger partial charge < -0.3 is 14.4 Å². The largest absolute Gasteiger partial charge is 0.481 e. The predicted octanol–water partition coefficient (Wildman–Crippen LogP) is 3.80. The number of piperidine rings is 1. The maximum absolute atomic E-state index is 13.8. The molecule has 1 aromatic heterocycles. The third-order valence-electron chi connectivity index (χ3n) is 4.94. The third-order valence-corrected chi connectivity index (χ3v) is 4.94. The number of benzene rings is 1. The van der Waals surface area contributed by atoms with Crippen molar-refractivity contribution in [3.8, 4) is 11.3 Å². The van der Waals surface area contributed by atoms with Gasteiger partial charge in [-0.2, -0.15) is 0 Å². The van der Waals surface area contributed by atoms with E-state index < -0.39 is 17.6 Å². The molecule has 28 heavy (non-hydrogen) atoms. The first-order valence-electron chi connectivity index (χ1n) is 9.35. The Kier molecular flexibility index (Phi) is 6.38. The van der Waals surface area contributed by atoms with Crippen molar-refractivity contribution in [1.82, 2.24) is 9.88 Å². The molecule has 1 aliphatic heterocycles. The zero-order valence-corrected chi connectivity index (χ0v) is 15.4. The number of carboxylic acids is 1. The van der Waals surface area contributed by atoms with Crippen molar-refractivity contribution in [3.05, 3.63) is 41.9 Å². The molecule has 1 aromatic carbocycles. The molecule has 0 bridgehead atoms. The molecule has 1 atom stereocenters. The third kappa shape index (κ3) is 4.94. The molecule has 1 aliphatic rings. The van der Waals surface area contributed by atoms with E-state index in [1.165, 1.54) is 12.3 Å². The van der Waals surface area contributed by atoms with Gasteiger partial charge in [0.15, 0.2) is 11.7 Å². The van der Waals surface area contributed by atoms with Crippen molar-refractivity contribution in [3.63, 3.8) is 0 Å². The summed E-state index contributed by atoms with van der Waals surface area (Å²) in [6.07, 6.45) is 4.98. The molecule has 150 valence electrons. The van der Waals surface area contributed by atoms with Gasteiger partial charge in [0, 0.05) is 37.9 Å². The second-order valence-electron chi connectivity index (χ2n) is 6.91. The van der Waals surface area contributed by atoms with Gasteiger partial charge in [-0.1, -0.05) is 0 Å². The highest BCUT2D eigenvalue weighted by Crippen LogP contribution is 2.25. The van der Waals surface area contributed by atoms with Crippen LogP contribution in [-0.4, -0.2) is 39.5 Å². The number of aryl methyl sites for hydroxylation is 1. The second kappa shape index (κ2) is 8.95. The van der Waals surface area contributed by atoms with Crippen LogP contribution in [0.3, 0.4) is 0 Å². The van der Waals surface area contributed by atoms with Gasteiger partial charge in [-0.25, -0.2) is 13.8 Å². The Labute approximate surface area is 161 Å². The lowest BCUT2D eigenvalue weighted by Crippen LogP contribution is -2.44. The summed E-state index contributed by atoms with van der Waals surface area (Å²) in [6, 6.07) is 3.14. The highest BCUT2D eigenvalue weighted by molar-refractivity contribution is 5.77. The van der Waals surface area contributed by atoms with Crippen LogP contribution in [0.25, 0.3) is 11.3 Å². The fourth-order valence-corrected chi connectivity index (χ4v) is 3.52. The number of hydrogen-bond donors (Lipinski definition) is 1. The van der Waals surface area contributed by atoms with Gasteiger partial charge in [-0.05, 0) is 37.8 Å². The molecule has 1 fully saturated rings. The van der Waals surface area contributed by atoms with Crippen molar-refractivity contribution in [2.75, 3.05) is 6.54 Å². The molecule has 2 heterocycles.